The van der Waals surface area contributed by atoms with Crippen molar-refractivity contribution in [2.75, 3.05) is 19.6 Å². The number of amides is 3. The number of hydrogen-bond donors (Lipinski definition) is 3. The summed E-state index contributed by atoms with van der Waals surface area (Å²) in [5.74, 6) is 0.0155. The Hall–Kier alpha value is -1.76. The zero-order valence-corrected chi connectivity index (χ0v) is 15.0. The molecule has 3 rings (SSSR count). The van der Waals surface area contributed by atoms with Crippen molar-refractivity contribution in [1.29, 1.82) is 0 Å². The van der Waals surface area contributed by atoms with Crippen molar-refractivity contribution in [2.24, 2.45) is 16.6 Å². The van der Waals surface area contributed by atoms with Gasteiger partial charge in [-0.3, -0.25) is 9.35 Å². The number of piperidine rings is 2. The molecule has 11 nitrogen and oxygen atoms in total. The van der Waals surface area contributed by atoms with E-state index in [-0.39, 0.29) is 24.2 Å². The lowest BCUT2D eigenvalue weighted by atomic mass is 9.94. The number of carbonyl (C=O) groups is 2. The summed E-state index contributed by atoms with van der Waals surface area (Å²) in [6.07, 6.45) is 3.00. The lowest BCUT2D eigenvalue weighted by Gasteiger charge is -2.29. The van der Waals surface area contributed by atoms with Crippen LogP contribution in [0, 0.1) is 5.92 Å². The number of carbonyl (C=O) groups excluding carboxylic acids is 2. The number of rotatable bonds is 5. The van der Waals surface area contributed by atoms with Crippen molar-refractivity contribution in [1.82, 2.24) is 15.3 Å². The van der Waals surface area contributed by atoms with E-state index < -0.39 is 28.5 Å². The van der Waals surface area contributed by atoms with Gasteiger partial charge in [-0.05, 0) is 44.7 Å². The van der Waals surface area contributed by atoms with E-state index in [4.69, 9.17) is 10.3 Å². The normalized spacial score (nSPS) is 27.9. The van der Waals surface area contributed by atoms with Gasteiger partial charge in [0.2, 0.25) is 5.91 Å². The topological polar surface area (TPSA) is 155 Å². The predicted octanol–water partition coefficient (Wildman–Crippen LogP) is -0.737. The highest BCUT2D eigenvalue weighted by atomic mass is 32.3. The van der Waals surface area contributed by atoms with Crippen LogP contribution >= 0.6 is 0 Å². The minimum atomic E-state index is -4.79. The van der Waals surface area contributed by atoms with Gasteiger partial charge in [-0.15, -0.1) is 4.28 Å². The second-order valence-electron chi connectivity index (χ2n) is 6.84. The van der Waals surface area contributed by atoms with E-state index >= 15 is 0 Å². The second kappa shape index (κ2) is 7.47. The van der Waals surface area contributed by atoms with Crippen molar-refractivity contribution in [2.45, 2.75) is 44.2 Å². The molecule has 2 atom stereocenters. The molecule has 2 unspecified atom stereocenters. The highest BCUT2D eigenvalue weighted by Crippen LogP contribution is 2.30. The molecule has 3 aliphatic rings. The standard InChI is InChI=1S/C14H23N5O6S/c15-13(17-12(20)7-9-3-5-16-6-4-9)11-2-1-10-8-18(11)14(21)19(10)25-26(22,23)24/h9-11,16H,1-8H2,(H2,15,17,20)(H,22,23,24). The van der Waals surface area contributed by atoms with E-state index in [9.17, 15) is 18.0 Å². The Bertz CT molecular complexity index is 705. The summed E-state index contributed by atoms with van der Waals surface area (Å²) >= 11 is 0. The SMILES string of the molecule is NC(=NC(=O)CC1CCNCC1)C1CCC2CN1C(=O)N2OS(=O)(=O)O. The third-order valence-corrected chi connectivity index (χ3v) is 5.36. The Kier molecular flexibility index (Phi) is 5.46. The van der Waals surface area contributed by atoms with Crippen molar-refractivity contribution >= 4 is 28.2 Å². The summed E-state index contributed by atoms with van der Waals surface area (Å²) < 4.78 is 34.9. The van der Waals surface area contributed by atoms with Crippen LogP contribution in [0.4, 0.5) is 4.79 Å². The summed E-state index contributed by atoms with van der Waals surface area (Å²) in [5.41, 5.74) is 5.97. The van der Waals surface area contributed by atoms with Gasteiger partial charge in [-0.25, -0.2) is 4.79 Å². The molecule has 3 saturated heterocycles. The number of nitrogens with one attached hydrogen (secondary N) is 1. The third kappa shape index (κ3) is 4.31. The number of hydroxylamine groups is 2. The maximum atomic E-state index is 12.3. The monoisotopic (exact) mass is 389 g/mol. The second-order valence-corrected chi connectivity index (χ2v) is 7.84. The van der Waals surface area contributed by atoms with Gasteiger partial charge >= 0.3 is 16.4 Å². The first-order chi connectivity index (χ1) is 12.2. The van der Waals surface area contributed by atoms with E-state index in [1.165, 1.54) is 4.90 Å². The quantitative estimate of drug-likeness (QED) is 0.316. The first-order valence-electron chi connectivity index (χ1n) is 8.59. The average molecular weight is 389 g/mol. The van der Waals surface area contributed by atoms with Crippen LogP contribution in [0.1, 0.15) is 32.1 Å². The van der Waals surface area contributed by atoms with Crippen molar-refractivity contribution in [3.8, 4) is 0 Å². The number of nitrogens with two attached hydrogens (primary N) is 1. The number of fused-ring (bicyclic) bond motifs is 2. The predicted molar refractivity (Wildman–Crippen MR) is 90.2 cm³/mol. The third-order valence-electron chi connectivity index (χ3n) is 5.01. The molecule has 0 radical (unpaired) electrons. The van der Waals surface area contributed by atoms with Crippen LogP contribution in [0.3, 0.4) is 0 Å². The summed E-state index contributed by atoms with van der Waals surface area (Å²) in [6.45, 7) is 1.96. The molecule has 3 amide bonds. The van der Waals surface area contributed by atoms with E-state index in [0.717, 1.165) is 25.9 Å². The molecule has 0 spiro atoms. The highest BCUT2D eigenvalue weighted by molar-refractivity contribution is 7.80. The molecule has 0 aromatic carbocycles. The molecule has 4 N–H and O–H groups in total. The Balaban J connectivity index is 1.64. The van der Waals surface area contributed by atoms with Gasteiger partial charge in [-0.2, -0.15) is 18.5 Å². The van der Waals surface area contributed by atoms with Gasteiger partial charge in [0, 0.05) is 13.0 Å². The lowest BCUT2D eigenvalue weighted by molar-refractivity contribution is -0.118. The maximum Gasteiger partial charge on any atom is 0.418 e. The van der Waals surface area contributed by atoms with Crippen molar-refractivity contribution in [3.63, 3.8) is 0 Å². The van der Waals surface area contributed by atoms with Gasteiger partial charge < -0.3 is 16.0 Å². The van der Waals surface area contributed by atoms with Crippen LogP contribution in [-0.2, 0) is 19.5 Å². The molecule has 3 fully saturated rings. The number of urea groups is 1. The number of nitrogens with zero attached hydrogens (tertiary/aromatic N) is 3. The summed E-state index contributed by atoms with van der Waals surface area (Å²) in [6, 6.07) is -1.82. The molecule has 26 heavy (non-hydrogen) atoms. The van der Waals surface area contributed by atoms with E-state index in [1.807, 2.05) is 0 Å². The van der Waals surface area contributed by atoms with Crippen molar-refractivity contribution < 1.29 is 26.8 Å². The summed E-state index contributed by atoms with van der Waals surface area (Å²) in [5, 5.41) is 3.87. The average Bonchev–Trinajstić information content (AvgIpc) is 2.79. The van der Waals surface area contributed by atoms with Crippen LogP contribution in [0.5, 0.6) is 0 Å². The highest BCUT2D eigenvalue weighted by Gasteiger charge is 2.48. The van der Waals surface area contributed by atoms with Crippen LogP contribution in [-0.4, -0.2) is 72.4 Å². The maximum absolute atomic E-state index is 12.3. The Morgan fingerprint density at radius 2 is 2.00 bits per heavy atom. The van der Waals surface area contributed by atoms with Gasteiger partial charge in [-0.1, -0.05) is 0 Å². The molecule has 3 aliphatic heterocycles. The van der Waals surface area contributed by atoms with E-state index in [0.29, 0.717) is 24.3 Å². The summed E-state index contributed by atoms with van der Waals surface area (Å²) in [4.78, 5) is 29.8. The fourth-order valence-electron chi connectivity index (χ4n) is 3.74. The largest absolute Gasteiger partial charge is 0.418 e. The first-order valence-corrected chi connectivity index (χ1v) is 9.95. The Morgan fingerprint density at radius 1 is 1.31 bits per heavy atom. The molecule has 0 aromatic rings. The molecule has 2 bridgehead atoms. The molecular formula is C14H23N5O6S. The molecule has 0 saturated carbocycles. The van der Waals surface area contributed by atoms with Crippen molar-refractivity contribution in [3.05, 3.63) is 0 Å². The van der Waals surface area contributed by atoms with Gasteiger partial charge in [0.1, 0.15) is 5.84 Å². The zero-order chi connectivity index (χ0) is 18.9. The fourth-order valence-corrected chi connectivity index (χ4v) is 4.12. The fraction of sp³-hybridized carbons (Fsp3) is 0.786. The molecule has 146 valence electrons. The smallest absolute Gasteiger partial charge is 0.385 e. The van der Waals surface area contributed by atoms with E-state index in [2.05, 4.69) is 14.6 Å². The minimum Gasteiger partial charge on any atom is -0.385 e. The molecule has 0 aliphatic carbocycles. The zero-order valence-electron chi connectivity index (χ0n) is 14.2. The Morgan fingerprint density at radius 3 is 2.65 bits per heavy atom. The van der Waals surface area contributed by atoms with Gasteiger partial charge in [0.15, 0.2) is 0 Å². The van der Waals surface area contributed by atoms with Gasteiger partial charge in [0.05, 0.1) is 12.1 Å². The van der Waals surface area contributed by atoms with E-state index in [1.54, 1.807) is 0 Å². The van der Waals surface area contributed by atoms with Gasteiger partial charge in [0.25, 0.3) is 0 Å². The number of amidine groups is 1. The molecule has 0 aromatic heterocycles. The number of hydrogen-bond acceptors (Lipinski definition) is 6. The molecule has 3 heterocycles. The van der Waals surface area contributed by atoms with Crippen LogP contribution in [0.2, 0.25) is 0 Å². The first kappa shape index (κ1) is 19.0. The molecule has 12 heteroatoms. The number of aliphatic imine (C=N–C) groups is 1. The summed E-state index contributed by atoms with van der Waals surface area (Å²) in [7, 11) is -4.79. The minimum absolute atomic E-state index is 0.0458. The van der Waals surface area contributed by atoms with Crippen LogP contribution in [0.15, 0.2) is 4.99 Å². The lowest BCUT2D eigenvalue weighted by Crippen LogP contribution is -2.48. The Labute approximate surface area is 151 Å². The van der Waals surface area contributed by atoms with Crippen LogP contribution in [0.25, 0.3) is 0 Å². The van der Waals surface area contributed by atoms with Crippen LogP contribution < -0.4 is 11.1 Å². The molecular weight excluding hydrogens is 366 g/mol.